The fraction of sp³-hybridized carbons (Fsp3) is 0.312. The molecule has 0 aliphatic carbocycles. The maximum atomic E-state index is 11.2. The Morgan fingerprint density at radius 1 is 1.24 bits per heavy atom. The molecule has 0 spiro atoms. The smallest absolute Gasteiger partial charge is 0.322 e. The van der Waals surface area contributed by atoms with Crippen LogP contribution in [0.5, 0.6) is 0 Å². The molecule has 1 atom stereocenters. The van der Waals surface area contributed by atoms with Crippen LogP contribution in [0, 0.1) is 0 Å². The van der Waals surface area contributed by atoms with Gasteiger partial charge in [0.05, 0.1) is 12.6 Å². The highest BCUT2D eigenvalue weighted by Crippen LogP contribution is 2.25. The van der Waals surface area contributed by atoms with Crippen LogP contribution in [0.3, 0.4) is 0 Å². The molecule has 0 heterocycles. The number of carbonyl (C=O) groups is 1. The molecule has 0 aliphatic rings. The van der Waals surface area contributed by atoms with Crippen LogP contribution in [0.25, 0.3) is 10.8 Å². The van der Waals surface area contributed by atoms with Crippen molar-refractivity contribution in [2.75, 3.05) is 20.4 Å². The van der Waals surface area contributed by atoms with E-state index >= 15 is 0 Å². The molecule has 112 valence electrons. The second-order valence-corrected chi connectivity index (χ2v) is 4.72. The van der Waals surface area contributed by atoms with Crippen molar-refractivity contribution >= 4 is 16.7 Å². The van der Waals surface area contributed by atoms with Gasteiger partial charge in [0.2, 0.25) is 0 Å². The largest absolute Gasteiger partial charge is 0.394 e. The standard InChI is InChI=1S/C16H19NO4/c1-12(19)21-17(11-20-2)16(10-18)15-8-7-13-5-3-4-6-14(13)9-15/h3-9,16,18H,10-11H2,1-2H3. The topological polar surface area (TPSA) is 59.0 Å². The molecular weight excluding hydrogens is 270 g/mol. The molecule has 2 aromatic carbocycles. The van der Waals surface area contributed by atoms with Gasteiger partial charge in [-0.3, -0.25) is 4.79 Å². The number of carbonyl (C=O) groups excluding carboxylic acids is 1. The van der Waals surface area contributed by atoms with Crippen molar-refractivity contribution < 1.29 is 19.5 Å². The molecule has 2 rings (SSSR count). The quantitative estimate of drug-likeness (QED) is 0.653. The molecule has 21 heavy (non-hydrogen) atoms. The average Bonchev–Trinajstić information content (AvgIpc) is 2.47. The van der Waals surface area contributed by atoms with E-state index in [2.05, 4.69) is 0 Å². The average molecular weight is 289 g/mol. The number of benzene rings is 2. The van der Waals surface area contributed by atoms with E-state index in [-0.39, 0.29) is 13.3 Å². The molecule has 0 saturated carbocycles. The Morgan fingerprint density at radius 2 is 1.95 bits per heavy atom. The van der Waals surface area contributed by atoms with Crippen molar-refractivity contribution in [3.63, 3.8) is 0 Å². The number of ether oxygens (including phenoxy) is 1. The lowest BCUT2D eigenvalue weighted by molar-refractivity contribution is -0.228. The summed E-state index contributed by atoms with van der Waals surface area (Å²) in [7, 11) is 1.51. The number of fused-ring (bicyclic) bond motifs is 1. The van der Waals surface area contributed by atoms with Crippen LogP contribution in [-0.4, -0.2) is 36.6 Å². The van der Waals surface area contributed by atoms with E-state index in [0.29, 0.717) is 0 Å². The first-order chi connectivity index (χ1) is 10.2. The van der Waals surface area contributed by atoms with Gasteiger partial charge in [-0.05, 0) is 22.4 Å². The Labute approximate surface area is 123 Å². The van der Waals surface area contributed by atoms with Crippen LogP contribution in [-0.2, 0) is 14.4 Å². The highest BCUT2D eigenvalue weighted by molar-refractivity contribution is 5.83. The zero-order valence-corrected chi connectivity index (χ0v) is 12.2. The zero-order valence-electron chi connectivity index (χ0n) is 12.2. The van der Waals surface area contributed by atoms with Gasteiger partial charge in [-0.15, -0.1) is 5.06 Å². The Hall–Kier alpha value is -1.95. The Balaban J connectivity index is 2.33. The minimum Gasteiger partial charge on any atom is -0.394 e. The molecule has 0 radical (unpaired) electrons. The SMILES string of the molecule is COCN(OC(C)=O)C(CO)c1ccc2ccccc2c1. The van der Waals surface area contributed by atoms with Gasteiger partial charge in [0, 0.05) is 14.0 Å². The fourth-order valence-electron chi connectivity index (χ4n) is 2.25. The molecule has 0 aromatic heterocycles. The van der Waals surface area contributed by atoms with Gasteiger partial charge in [-0.25, -0.2) is 0 Å². The van der Waals surface area contributed by atoms with E-state index in [1.54, 1.807) is 0 Å². The van der Waals surface area contributed by atoms with Crippen molar-refractivity contribution in [2.45, 2.75) is 13.0 Å². The number of rotatable bonds is 6. The molecule has 0 amide bonds. The van der Waals surface area contributed by atoms with E-state index in [1.807, 2.05) is 42.5 Å². The van der Waals surface area contributed by atoms with Crippen LogP contribution >= 0.6 is 0 Å². The molecular formula is C16H19NO4. The van der Waals surface area contributed by atoms with Gasteiger partial charge in [0.1, 0.15) is 6.73 Å². The van der Waals surface area contributed by atoms with Crippen LogP contribution in [0.1, 0.15) is 18.5 Å². The van der Waals surface area contributed by atoms with Crippen LogP contribution in [0.2, 0.25) is 0 Å². The zero-order chi connectivity index (χ0) is 15.2. The maximum absolute atomic E-state index is 11.2. The first kappa shape index (κ1) is 15.4. The second-order valence-electron chi connectivity index (χ2n) is 4.72. The minimum atomic E-state index is -0.474. The minimum absolute atomic E-state index is 0.0810. The molecule has 0 aliphatic heterocycles. The third-order valence-electron chi connectivity index (χ3n) is 3.18. The summed E-state index contributed by atoms with van der Waals surface area (Å²) in [5.41, 5.74) is 0.856. The van der Waals surface area contributed by atoms with Crippen molar-refractivity contribution in [2.24, 2.45) is 0 Å². The number of methoxy groups -OCH3 is 1. The summed E-state index contributed by atoms with van der Waals surface area (Å²) < 4.78 is 5.03. The highest BCUT2D eigenvalue weighted by Gasteiger charge is 2.23. The number of nitrogens with zero attached hydrogens (tertiary/aromatic N) is 1. The van der Waals surface area contributed by atoms with E-state index < -0.39 is 12.0 Å². The predicted molar refractivity (Wildman–Crippen MR) is 79.3 cm³/mol. The van der Waals surface area contributed by atoms with E-state index in [9.17, 15) is 9.90 Å². The molecule has 2 aromatic rings. The third kappa shape index (κ3) is 3.78. The predicted octanol–water partition coefficient (Wildman–Crippen LogP) is 2.26. The molecule has 5 heteroatoms. The normalized spacial score (nSPS) is 12.6. The Morgan fingerprint density at radius 3 is 2.57 bits per heavy atom. The first-order valence-electron chi connectivity index (χ1n) is 6.69. The summed E-state index contributed by atoms with van der Waals surface area (Å²) in [6.45, 7) is 1.21. The van der Waals surface area contributed by atoms with Crippen LogP contribution < -0.4 is 0 Å². The van der Waals surface area contributed by atoms with Gasteiger partial charge in [0.25, 0.3) is 0 Å². The number of hydrogen-bond donors (Lipinski definition) is 1. The Kier molecular flexibility index (Phi) is 5.27. The summed E-state index contributed by atoms with van der Waals surface area (Å²) in [6, 6.07) is 13.3. The third-order valence-corrected chi connectivity index (χ3v) is 3.18. The molecule has 1 unspecified atom stereocenters. The second kappa shape index (κ2) is 7.17. The van der Waals surface area contributed by atoms with E-state index in [1.165, 1.54) is 19.1 Å². The Bertz CT molecular complexity index is 614. The number of hydroxylamine groups is 2. The van der Waals surface area contributed by atoms with Crippen molar-refractivity contribution in [1.29, 1.82) is 0 Å². The van der Waals surface area contributed by atoms with Gasteiger partial charge in [-0.2, -0.15) is 0 Å². The van der Waals surface area contributed by atoms with Crippen LogP contribution in [0.4, 0.5) is 0 Å². The molecule has 0 saturated heterocycles. The first-order valence-corrected chi connectivity index (χ1v) is 6.69. The molecule has 5 nitrogen and oxygen atoms in total. The lowest BCUT2D eigenvalue weighted by atomic mass is 10.0. The summed E-state index contributed by atoms with van der Waals surface area (Å²) in [4.78, 5) is 16.3. The molecule has 1 N–H and O–H groups in total. The van der Waals surface area contributed by atoms with Crippen molar-refractivity contribution in [3.05, 3.63) is 48.0 Å². The van der Waals surface area contributed by atoms with Crippen molar-refractivity contribution in [1.82, 2.24) is 5.06 Å². The summed E-state index contributed by atoms with van der Waals surface area (Å²) in [6.07, 6.45) is 0. The lowest BCUT2D eigenvalue weighted by Gasteiger charge is -2.27. The summed E-state index contributed by atoms with van der Waals surface area (Å²) >= 11 is 0. The van der Waals surface area contributed by atoms with Crippen LogP contribution in [0.15, 0.2) is 42.5 Å². The number of aliphatic hydroxyl groups is 1. The summed E-state index contributed by atoms with van der Waals surface area (Å²) in [5.74, 6) is -0.453. The highest BCUT2D eigenvalue weighted by atomic mass is 16.7. The monoisotopic (exact) mass is 289 g/mol. The van der Waals surface area contributed by atoms with Gasteiger partial charge in [-0.1, -0.05) is 36.4 Å². The van der Waals surface area contributed by atoms with Gasteiger partial charge in [0.15, 0.2) is 0 Å². The number of aliphatic hydroxyl groups excluding tert-OH is 1. The van der Waals surface area contributed by atoms with E-state index in [0.717, 1.165) is 16.3 Å². The van der Waals surface area contributed by atoms with Gasteiger partial charge >= 0.3 is 5.97 Å². The molecule has 0 bridgehead atoms. The van der Waals surface area contributed by atoms with E-state index in [4.69, 9.17) is 9.57 Å². The summed E-state index contributed by atoms with van der Waals surface area (Å²) in [5, 5.41) is 13.2. The number of hydrogen-bond acceptors (Lipinski definition) is 5. The van der Waals surface area contributed by atoms with Gasteiger partial charge < -0.3 is 14.7 Å². The maximum Gasteiger partial charge on any atom is 0.322 e. The lowest BCUT2D eigenvalue weighted by Crippen LogP contribution is -2.34. The van der Waals surface area contributed by atoms with Crippen molar-refractivity contribution in [3.8, 4) is 0 Å². The molecule has 0 fully saturated rings. The fourth-order valence-corrected chi connectivity index (χ4v) is 2.25.